The van der Waals surface area contributed by atoms with Crippen molar-refractivity contribution in [3.05, 3.63) is 12.7 Å². The van der Waals surface area contributed by atoms with Crippen LogP contribution in [0, 0.1) is 0 Å². The maximum Gasteiger partial charge on any atom is 0.510 e. The highest BCUT2D eigenvalue weighted by atomic mass is 31.2. The quantitative estimate of drug-likeness (QED) is 0.256. The zero-order valence-corrected chi connectivity index (χ0v) is 18.5. The van der Waals surface area contributed by atoms with Crippen LogP contribution in [0.3, 0.4) is 0 Å². The summed E-state index contributed by atoms with van der Waals surface area (Å²) in [7, 11) is -4.08. The molecule has 16 heteroatoms. The molecule has 2 aromatic rings. The molecule has 0 aliphatic heterocycles. The Balaban J connectivity index is 1.94. The van der Waals surface area contributed by atoms with E-state index in [1.165, 1.54) is 12.7 Å². The number of hydrogen-bond donors (Lipinski definition) is 2. The van der Waals surface area contributed by atoms with Gasteiger partial charge < -0.3 is 34.4 Å². The Kier molecular flexibility index (Phi) is 9.13. The average molecular weight is 477 g/mol. The molecule has 3 N–H and O–H groups in total. The summed E-state index contributed by atoms with van der Waals surface area (Å²) in [5.41, 5.74) is 6.66. The van der Waals surface area contributed by atoms with E-state index < -0.39 is 52.0 Å². The van der Waals surface area contributed by atoms with E-state index in [1.807, 2.05) is 0 Å². The van der Waals surface area contributed by atoms with Gasteiger partial charge in [0.2, 0.25) is 13.6 Å². The van der Waals surface area contributed by atoms with Crippen LogP contribution in [-0.4, -0.2) is 69.1 Å². The molecule has 2 aromatic heterocycles. The number of nitrogens with two attached hydrogens (primary N) is 1. The fourth-order valence-corrected chi connectivity index (χ4v) is 3.32. The second-order valence-electron chi connectivity index (χ2n) is 6.51. The Morgan fingerprint density at radius 1 is 1.16 bits per heavy atom. The maximum absolute atomic E-state index is 12.8. The van der Waals surface area contributed by atoms with E-state index in [0.717, 1.165) is 0 Å². The minimum absolute atomic E-state index is 0.225. The Bertz CT molecular complexity index is 968. The number of carbonyl (C=O) groups is 2. The number of nitrogen functional groups attached to an aromatic ring is 1. The molecule has 2 atom stereocenters. The molecule has 0 amide bonds. The smallest absolute Gasteiger partial charge is 0.450 e. The molecule has 32 heavy (non-hydrogen) atoms. The van der Waals surface area contributed by atoms with Crippen LogP contribution < -0.4 is 5.73 Å². The summed E-state index contributed by atoms with van der Waals surface area (Å²) in [6.45, 7) is 3.47. The molecule has 0 aliphatic rings. The summed E-state index contributed by atoms with van der Waals surface area (Å²) in [5.74, 6) is 0.225. The molecule has 0 fully saturated rings. The van der Waals surface area contributed by atoms with E-state index in [0.29, 0.717) is 11.2 Å². The summed E-state index contributed by atoms with van der Waals surface area (Å²) in [4.78, 5) is 34.0. The molecule has 0 bridgehead atoms. The van der Waals surface area contributed by atoms with Crippen molar-refractivity contribution >= 4 is 36.9 Å². The second-order valence-corrected chi connectivity index (χ2v) is 8.51. The van der Waals surface area contributed by atoms with Gasteiger partial charge in [-0.05, 0) is 20.8 Å². The standard InChI is InChI=1S/C16H24N5O10P/c1-10(2)31-16(24)27-8-30-32(25,29-7-26-15(22)23)9-28-11(3)4-21-6-20-12-13(17)18-5-19-14(12)21/h5-6,10-11H,4,7-9H2,1-3H3,(H,22,23)(H2,17,18,19). The van der Waals surface area contributed by atoms with Crippen molar-refractivity contribution in [2.45, 2.75) is 39.5 Å². The number of hydrogen-bond acceptors (Lipinski definition) is 13. The molecule has 0 aromatic carbocycles. The average Bonchev–Trinajstić information content (AvgIpc) is 3.10. The summed E-state index contributed by atoms with van der Waals surface area (Å²) in [5, 5.41) is 8.53. The normalized spacial score (nSPS) is 14.1. The van der Waals surface area contributed by atoms with E-state index in [2.05, 4.69) is 24.4 Å². The van der Waals surface area contributed by atoms with Gasteiger partial charge in [-0.2, -0.15) is 0 Å². The van der Waals surface area contributed by atoms with Crippen molar-refractivity contribution < 1.29 is 47.3 Å². The highest BCUT2D eigenvalue weighted by molar-refractivity contribution is 7.53. The lowest BCUT2D eigenvalue weighted by Crippen LogP contribution is -2.19. The third-order valence-electron chi connectivity index (χ3n) is 3.59. The van der Waals surface area contributed by atoms with Gasteiger partial charge in [0.15, 0.2) is 11.5 Å². The first kappa shape index (κ1) is 25.3. The van der Waals surface area contributed by atoms with E-state index in [9.17, 15) is 14.2 Å². The van der Waals surface area contributed by atoms with Crippen LogP contribution >= 0.6 is 7.60 Å². The van der Waals surface area contributed by atoms with E-state index >= 15 is 0 Å². The Morgan fingerprint density at radius 3 is 2.50 bits per heavy atom. The van der Waals surface area contributed by atoms with Crippen molar-refractivity contribution in [2.24, 2.45) is 0 Å². The Labute approximate surface area is 182 Å². The molecular weight excluding hydrogens is 453 g/mol. The molecule has 0 aliphatic carbocycles. The Morgan fingerprint density at radius 2 is 1.84 bits per heavy atom. The first-order valence-electron chi connectivity index (χ1n) is 9.20. The molecule has 0 saturated carbocycles. The van der Waals surface area contributed by atoms with Crippen molar-refractivity contribution in [2.75, 3.05) is 25.7 Å². The van der Waals surface area contributed by atoms with Gasteiger partial charge in [0.25, 0.3) is 0 Å². The zero-order chi connectivity index (χ0) is 23.7. The van der Waals surface area contributed by atoms with E-state index in [4.69, 9.17) is 29.4 Å². The van der Waals surface area contributed by atoms with Crippen LogP contribution in [0.1, 0.15) is 20.8 Å². The number of ether oxygens (including phenoxy) is 4. The van der Waals surface area contributed by atoms with Crippen LogP contribution in [-0.2, 0) is 39.1 Å². The molecule has 2 unspecified atom stereocenters. The van der Waals surface area contributed by atoms with Gasteiger partial charge in [0.1, 0.15) is 18.2 Å². The highest BCUT2D eigenvalue weighted by Gasteiger charge is 2.28. The number of carbonyl (C=O) groups excluding carboxylic acids is 1. The minimum Gasteiger partial charge on any atom is -0.450 e. The third-order valence-corrected chi connectivity index (χ3v) is 5.05. The lowest BCUT2D eigenvalue weighted by atomic mass is 10.4. The van der Waals surface area contributed by atoms with Gasteiger partial charge in [-0.15, -0.1) is 0 Å². The fourth-order valence-electron chi connectivity index (χ4n) is 2.23. The summed E-state index contributed by atoms with van der Waals surface area (Å²) >= 11 is 0. The highest BCUT2D eigenvalue weighted by Crippen LogP contribution is 2.48. The molecule has 15 nitrogen and oxygen atoms in total. The monoisotopic (exact) mass is 477 g/mol. The number of rotatable bonds is 12. The number of fused-ring (bicyclic) bond motifs is 1. The van der Waals surface area contributed by atoms with Crippen molar-refractivity contribution in [3.63, 3.8) is 0 Å². The van der Waals surface area contributed by atoms with Crippen molar-refractivity contribution in [3.8, 4) is 0 Å². The maximum atomic E-state index is 12.8. The number of imidazole rings is 1. The van der Waals surface area contributed by atoms with Crippen LogP contribution in [0.15, 0.2) is 12.7 Å². The second kappa shape index (κ2) is 11.6. The third kappa shape index (κ3) is 7.92. The van der Waals surface area contributed by atoms with Gasteiger partial charge in [-0.3, -0.25) is 13.6 Å². The van der Waals surface area contributed by atoms with Crippen molar-refractivity contribution in [1.82, 2.24) is 19.5 Å². The zero-order valence-electron chi connectivity index (χ0n) is 17.6. The first-order chi connectivity index (χ1) is 15.1. The predicted molar refractivity (Wildman–Crippen MR) is 106 cm³/mol. The summed E-state index contributed by atoms with van der Waals surface area (Å²) in [6, 6.07) is 0. The largest absolute Gasteiger partial charge is 0.510 e. The number of anilines is 1. The minimum atomic E-state index is -4.08. The van der Waals surface area contributed by atoms with Crippen LogP contribution in [0.4, 0.5) is 15.4 Å². The van der Waals surface area contributed by atoms with Crippen molar-refractivity contribution in [1.29, 1.82) is 0 Å². The predicted octanol–water partition coefficient (Wildman–Crippen LogP) is 2.17. The van der Waals surface area contributed by atoms with Gasteiger partial charge in [-0.25, -0.2) is 24.5 Å². The van der Waals surface area contributed by atoms with E-state index in [-0.39, 0.29) is 12.4 Å². The number of nitrogens with zero attached hydrogens (tertiary/aromatic N) is 4. The van der Waals surface area contributed by atoms with Crippen LogP contribution in [0.2, 0.25) is 0 Å². The lowest BCUT2D eigenvalue weighted by Gasteiger charge is -2.20. The Hall–Kier alpha value is -3.00. The number of aromatic nitrogens is 4. The van der Waals surface area contributed by atoms with Gasteiger partial charge in [0, 0.05) is 0 Å². The molecule has 2 heterocycles. The van der Waals surface area contributed by atoms with Crippen LogP contribution in [0.5, 0.6) is 0 Å². The fraction of sp³-hybridized carbons (Fsp3) is 0.562. The number of carboxylic acid groups (broad SMARTS) is 1. The summed E-state index contributed by atoms with van der Waals surface area (Å²) < 4.78 is 43.5. The van der Waals surface area contributed by atoms with Crippen LogP contribution in [0.25, 0.3) is 11.2 Å². The van der Waals surface area contributed by atoms with Gasteiger partial charge in [-0.1, -0.05) is 0 Å². The SMILES string of the molecule is CC(C)OC(=O)OCOP(=O)(COC(C)Cn1cnc2c(N)ncnc21)OCOC(=O)O. The lowest BCUT2D eigenvalue weighted by molar-refractivity contribution is -0.0297. The van der Waals surface area contributed by atoms with Gasteiger partial charge in [0.05, 0.1) is 25.1 Å². The molecule has 2 rings (SSSR count). The molecule has 0 saturated heterocycles. The first-order valence-corrected chi connectivity index (χ1v) is 10.9. The molecule has 0 spiro atoms. The van der Waals surface area contributed by atoms with Gasteiger partial charge >= 0.3 is 19.9 Å². The molecule has 178 valence electrons. The summed E-state index contributed by atoms with van der Waals surface area (Å²) in [6.07, 6.45) is -1.47. The topological polar surface area (TPSA) is 196 Å². The molecular formula is C16H24N5O10P. The van der Waals surface area contributed by atoms with E-state index in [1.54, 1.807) is 25.3 Å². The molecule has 0 radical (unpaired) electrons.